The quantitative estimate of drug-likeness (QED) is 0.860. The predicted molar refractivity (Wildman–Crippen MR) is 88.1 cm³/mol. The van der Waals surface area contributed by atoms with Crippen molar-refractivity contribution in [1.82, 2.24) is 0 Å². The Bertz CT molecular complexity index is 820. The number of hydrogen-bond donors (Lipinski definition) is 2. The number of nitrogens with one attached hydrogen (secondary N) is 1. The lowest BCUT2D eigenvalue weighted by Gasteiger charge is -2.10. The second-order valence-electron chi connectivity index (χ2n) is 4.82. The molecule has 0 atom stereocenters. The van der Waals surface area contributed by atoms with Gasteiger partial charge in [-0.2, -0.15) is 0 Å². The number of aryl methyl sites for hydroxylation is 1. The molecule has 0 aliphatic carbocycles. The SMILES string of the molecule is Cc1cc(Cl)ccc1OCC(=O)Nc1ccc(S(N)(=O)=O)cc1. The Kier molecular flexibility index (Phi) is 5.25. The van der Waals surface area contributed by atoms with Crippen molar-refractivity contribution in [2.45, 2.75) is 11.8 Å². The van der Waals surface area contributed by atoms with Crippen molar-refractivity contribution < 1.29 is 17.9 Å². The lowest BCUT2D eigenvalue weighted by Crippen LogP contribution is -2.20. The van der Waals surface area contributed by atoms with Gasteiger partial charge >= 0.3 is 0 Å². The first kappa shape index (κ1) is 17.3. The number of anilines is 1. The Labute approximate surface area is 139 Å². The van der Waals surface area contributed by atoms with Gasteiger partial charge in [-0.05, 0) is 55.0 Å². The van der Waals surface area contributed by atoms with Crippen LogP contribution in [-0.4, -0.2) is 20.9 Å². The molecule has 2 aromatic carbocycles. The molecule has 0 heterocycles. The van der Waals surface area contributed by atoms with E-state index in [0.717, 1.165) is 5.56 Å². The first-order valence-electron chi connectivity index (χ1n) is 6.57. The van der Waals surface area contributed by atoms with E-state index in [2.05, 4.69) is 5.32 Å². The summed E-state index contributed by atoms with van der Waals surface area (Å²) < 4.78 is 27.7. The Morgan fingerprint density at radius 3 is 2.43 bits per heavy atom. The molecular weight excluding hydrogens is 340 g/mol. The maximum Gasteiger partial charge on any atom is 0.262 e. The zero-order valence-electron chi connectivity index (χ0n) is 12.2. The van der Waals surface area contributed by atoms with Gasteiger partial charge in [-0.25, -0.2) is 13.6 Å². The van der Waals surface area contributed by atoms with Crippen LogP contribution in [0.2, 0.25) is 5.02 Å². The smallest absolute Gasteiger partial charge is 0.262 e. The van der Waals surface area contributed by atoms with Crippen molar-refractivity contribution in [3.8, 4) is 5.75 Å². The monoisotopic (exact) mass is 354 g/mol. The minimum absolute atomic E-state index is 0.0245. The van der Waals surface area contributed by atoms with Crippen LogP contribution in [0.3, 0.4) is 0 Å². The van der Waals surface area contributed by atoms with E-state index < -0.39 is 10.0 Å². The maximum absolute atomic E-state index is 11.8. The van der Waals surface area contributed by atoms with E-state index in [1.54, 1.807) is 18.2 Å². The van der Waals surface area contributed by atoms with Crippen molar-refractivity contribution in [2.24, 2.45) is 5.14 Å². The van der Waals surface area contributed by atoms with Crippen LogP contribution < -0.4 is 15.2 Å². The first-order valence-corrected chi connectivity index (χ1v) is 8.50. The largest absolute Gasteiger partial charge is 0.483 e. The number of amides is 1. The third kappa shape index (κ3) is 4.95. The van der Waals surface area contributed by atoms with Gasteiger partial charge in [0.05, 0.1) is 4.90 Å². The molecule has 0 aromatic heterocycles. The van der Waals surface area contributed by atoms with Crippen LogP contribution >= 0.6 is 11.6 Å². The van der Waals surface area contributed by atoms with Crippen LogP contribution in [0.5, 0.6) is 5.75 Å². The number of halogens is 1. The molecule has 0 saturated carbocycles. The molecule has 0 fully saturated rings. The number of nitrogens with two attached hydrogens (primary N) is 1. The number of carbonyl (C=O) groups excluding carboxylic acids is 1. The summed E-state index contributed by atoms with van der Waals surface area (Å²) in [5.74, 6) is 0.192. The molecule has 122 valence electrons. The molecule has 0 unspecified atom stereocenters. The lowest BCUT2D eigenvalue weighted by atomic mass is 10.2. The van der Waals surface area contributed by atoms with Gasteiger partial charge in [-0.3, -0.25) is 4.79 Å². The molecule has 0 bridgehead atoms. The fraction of sp³-hybridized carbons (Fsp3) is 0.133. The summed E-state index contributed by atoms with van der Waals surface area (Å²) in [7, 11) is -3.75. The number of primary sulfonamides is 1. The zero-order valence-corrected chi connectivity index (χ0v) is 13.8. The van der Waals surface area contributed by atoms with E-state index in [1.807, 2.05) is 6.92 Å². The molecule has 0 saturated heterocycles. The topological polar surface area (TPSA) is 98.5 Å². The average molecular weight is 355 g/mol. The molecule has 23 heavy (non-hydrogen) atoms. The van der Waals surface area contributed by atoms with Gasteiger partial charge in [0.1, 0.15) is 5.75 Å². The van der Waals surface area contributed by atoms with Gasteiger partial charge < -0.3 is 10.1 Å². The molecule has 6 nitrogen and oxygen atoms in total. The van der Waals surface area contributed by atoms with E-state index in [9.17, 15) is 13.2 Å². The van der Waals surface area contributed by atoms with Gasteiger partial charge in [-0.1, -0.05) is 11.6 Å². The summed E-state index contributed by atoms with van der Waals surface area (Å²) in [5.41, 5.74) is 1.27. The second kappa shape index (κ2) is 6.99. The molecule has 0 aliphatic rings. The normalized spacial score (nSPS) is 11.1. The van der Waals surface area contributed by atoms with Gasteiger partial charge in [0.15, 0.2) is 6.61 Å². The van der Waals surface area contributed by atoms with Crippen LogP contribution in [0.1, 0.15) is 5.56 Å². The summed E-state index contributed by atoms with van der Waals surface area (Å²) in [6, 6.07) is 10.6. The van der Waals surface area contributed by atoms with Gasteiger partial charge in [0.2, 0.25) is 10.0 Å². The molecule has 0 spiro atoms. The Morgan fingerprint density at radius 2 is 1.87 bits per heavy atom. The van der Waals surface area contributed by atoms with Crippen molar-refractivity contribution >= 4 is 33.2 Å². The molecule has 2 rings (SSSR count). The zero-order chi connectivity index (χ0) is 17.0. The standard InChI is InChI=1S/C15H15ClN2O4S/c1-10-8-11(16)2-7-14(10)22-9-15(19)18-12-3-5-13(6-4-12)23(17,20)21/h2-8H,9H2,1H3,(H,18,19)(H2,17,20,21). The van der Waals surface area contributed by atoms with Crippen molar-refractivity contribution in [3.05, 3.63) is 53.1 Å². The van der Waals surface area contributed by atoms with Crippen LogP contribution in [0.15, 0.2) is 47.4 Å². The van der Waals surface area contributed by atoms with Crippen molar-refractivity contribution in [1.29, 1.82) is 0 Å². The summed E-state index contributed by atoms with van der Waals surface area (Å²) in [6.07, 6.45) is 0. The Hall–Kier alpha value is -2.09. The summed E-state index contributed by atoms with van der Waals surface area (Å²) in [5, 5.41) is 8.19. The Morgan fingerprint density at radius 1 is 1.22 bits per heavy atom. The number of benzene rings is 2. The van der Waals surface area contributed by atoms with Crippen LogP contribution in [0.4, 0.5) is 5.69 Å². The molecule has 8 heteroatoms. The number of ether oxygens (including phenoxy) is 1. The maximum atomic E-state index is 11.8. The second-order valence-corrected chi connectivity index (χ2v) is 6.81. The molecule has 0 aliphatic heterocycles. The number of rotatable bonds is 5. The molecule has 2 aromatic rings. The molecular formula is C15H15ClN2O4S. The fourth-order valence-corrected chi connectivity index (χ4v) is 2.59. The minimum Gasteiger partial charge on any atom is -0.483 e. The minimum atomic E-state index is -3.75. The van der Waals surface area contributed by atoms with E-state index >= 15 is 0 Å². The van der Waals surface area contributed by atoms with Gasteiger partial charge in [-0.15, -0.1) is 0 Å². The lowest BCUT2D eigenvalue weighted by molar-refractivity contribution is -0.118. The third-order valence-corrected chi connectivity index (χ3v) is 4.13. The summed E-state index contributed by atoms with van der Waals surface area (Å²) in [6.45, 7) is 1.64. The fourth-order valence-electron chi connectivity index (χ4n) is 1.84. The van der Waals surface area contributed by atoms with Crippen LogP contribution in [0, 0.1) is 6.92 Å². The average Bonchev–Trinajstić information content (AvgIpc) is 2.46. The highest BCUT2D eigenvalue weighted by molar-refractivity contribution is 7.89. The van der Waals surface area contributed by atoms with Gasteiger partial charge in [0, 0.05) is 10.7 Å². The number of sulfonamides is 1. The predicted octanol–water partition coefficient (Wildman–Crippen LogP) is 2.31. The summed E-state index contributed by atoms with van der Waals surface area (Å²) in [4.78, 5) is 11.8. The van der Waals surface area contributed by atoms with Crippen LogP contribution in [0.25, 0.3) is 0 Å². The van der Waals surface area contributed by atoms with E-state index in [1.165, 1.54) is 24.3 Å². The summed E-state index contributed by atoms with van der Waals surface area (Å²) >= 11 is 5.85. The number of carbonyl (C=O) groups is 1. The van der Waals surface area contributed by atoms with E-state index in [4.69, 9.17) is 21.5 Å². The van der Waals surface area contributed by atoms with Crippen LogP contribution in [-0.2, 0) is 14.8 Å². The third-order valence-electron chi connectivity index (χ3n) is 2.96. The molecule has 3 N–H and O–H groups in total. The Balaban J connectivity index is 1.94. The van der Waals surface area contributed by atoms with Crippen molar-refractivity contribution in [3.63, 3.8) is 0 Å². The highest BCUT2D eigenvalue weighted by atomic mass is 35.5. The van der Waals surface area contributed by atoms with Gasteiger partial charge in [0.25, 0.3) is 5.91 Å². The molecule has 1 amide bonds. The first-order chi connectivity index (χ1) is 10.8. The van der Waals surface area contributed by atoms with E-state index in [-0.39, 0.29) is 17.4 Å². The molecule has 0 radical (unpaired) electrons. The highest BCUT2D eigenvalue weighted by Crippen LogP contribution is 2.21. The highest BCUT2D eigenvalue weighted by Gasteiger charge is 2.09. The van der Waals surface area contributed by atoms with Crippen molar-refractivity contribution in [2.75, 3.05) is 11.9 Å². The van der Waals surface area contributed by atoms with E-state index in [0.29, 0.717) is 16.5 Å². The number of hydrogen-bond acceptors (Lipinski definition) is 4.